The first-order valence-electron chi connectivity index (χ1n) is 7.53. The van der Waals surface area contributed by atoms with Gasteiger partial charge < -0.3 is 9.47 Å². The molecule has 0 atom stereocenters. The Hall–Kier alpha value is -1.51. The number of para-hydroxylation sites is 2. The zero-order valence-corrected chi connectivity index (χ0v) is 12.4. The number of fused-ring (bicyclic) bond motifs is 1. The van der Waals surface area contributed by atoms with E-state index in [1.165, 1.54) is 31.2 Å². The van der Waals surface area contributed by atoms with Crippen molar-refractivity contribution in [2.24, 2.45) is 7.05 Å². The highest BCUT2D eigenvalue weighted by atomic mass is 15.3. The van der Waals surface area contributed by atoms with Crippen LogP contribution in [0.3, 0.4) is 0 Å². The molecule has 2 heterocycles. The Morgan fingerprint density at radius 1 is 0.947 bits per heavy atom. The van der Waals surface area contributed by atoms with E-state index in [2.05, 4.69) is 40.8 Å². The number of imidazole rings is 1. The van der Waals surface area contributed by atoms with Crippen LogP contribution >= 0.6 is 0 Å². The first-order chi connectivity index (χ1) is 9.36. The average Bonchev–Trinajstić information content (AvgIpc) is 2.67. The summed E-state index contributed by atoms with van der Waals surface area (Å²) in [6.07, 6.45) is 5.31. The summed E-state index contributed by atoms with van der Waals surface area (Å²) in [6.45, 7) is 6.30. The summed E-state index contributed by atoms with van der Waals surface area (Å²) in [5.74, 6) is 1.13. The molecular weight excluding hydrogens is 234 g/mol. The van der Waals surface area contributed by atoms with Gasteiger partial charge in [-0.05, 0) is 25.0 Å². The molecule has 3 heteroatoms. The Labute approximate surface area is 116 Å². The van der Waals surface area contributed by atoms with E-state index in [0.717, 1.165) is 24.6 Å². The summed E-state index contributed by atoms with van der Waals surface area (Å²) in [5.41, 5.74) is 2.33. The van der Waals surface area contributed by atoms with Crippen molar-refractivity contribution in [1.82, 2.24) is 9.55 Å². The molecule has 1 saturated heterocycles. The Kier molecular flexibility index (Phi) is 4.83. The van der Waals surface area contributed by atoms with Crippen molar-refractivity contribution in [3.05, 3.63) is 24.3 Å². The minimum Gasteiger partial charge on any atom is -0.342 e. The van der Waals surface area contributed by atoms with Crippen LogP contribution in [0, 0.1) is 0 Å². The first-order valence-corrected chi connectivity index (χ1v) is 7.53. The monoisotopic (exact) mass is 259 g/mol. The van der Waals surface area contributed by atoms with Crippen molar-refractivity contribution in [2.45, 2.75) is 39.5 Å². The summed E-state index contributed by atoms with van der Waals surface area (Å²) < 4.78 is 2.22. The van der Waals surface area contributed by atoms with E-state index < -0.39 is 0 Å². The maximum atomic E-state index is 4.77. The lowest BCUT2D eigenvalue weighted by atomic mass is 10.2. The number of anilines is 1. The van der Waals surface area contributed by atoms with Gasteiger partial charge in [0, 0.05) is 20.1 Å². The van der Waals surface area contributed by atoms with Crippen LogP contribution in [0.15, 0.2) is 24.3 Å². The summed E-state index contributed by atoms with van der Waals surface area (Å²) >= 11 is 0. The van der Waals surface area contributed by atoms with Crippen molar-refractivity contribution in [3.63, 3.8) is 0 Å². The minimum absolute atomic E-state index is 1.11. The average molecular weight is 259 g/mol. The highest BCUT2D eigenvalue weighted by molar-refractivity contribution is 5.78. The van der Waals surface area contributed by atoms with Gasteiger partial charge in [-0.15, -0.1) is 0 Å². The van der Waals surface area contributed by atoms with Crippen LogP contribution in [0.5, 0.6) is 0 Å². The predicted molar refractivity (Wildman–Crippen MR) is 82.7 cm³/mol. The van der Waals surface area contributed by atoms with Crippen molar-refractivity contribution in [2.75, 3.05) is 18.0 Å². The largest absolute Gasteiger partial charge is 0.342 e. The molecule has 0 aliphatic carbocycles. The smallest absolute Gasteiger partial charge is 0.206 e. The van der Waals surface area contributed by atoms with E-state index in [1.807, 2.05) is 13.8 Å². The molecule has 0 amide bonds. The van der Waals surface area contributed by atoms with E-state index in [0.29, 0.717) is 0 Å². The first kappa shape index (κ1) is 13.9. The Morgan fingerprint density at radius 3 is 2.21 bits per heavy atom. The van der Waals surface area contributed by atoms with Gasteiger partial charge in [0.15, 0.2) is 0 Å². The molecule has 1 fully saturated rings. The van der Waals surface area contributed by atoms with Crippen molar-refractivity contribution < 1.29 is 0 Å². The second kappa shape index (κ2) is 6.60. The minimum atomic E-state index is 1.11. The third kappa shape index (κ3) is 2.91. The fourth-order valence-corrected chi connectivity index (χ4v) is 2.69. The molecule has 0 radical (unpaired) electrons. The normalized spacial score (nSPS) is 15.8. The van der Waals surface area contributed by atoms with E-state index in [9.17, 15) is 0 Å². The van der Waals surface area contributed by atoms with Crippen LogP contribution < -0.4 is 4.90 Å². The molecule has 1 aliphatic heterocycles. The molecule has 0 spiro atoms. The summed E-state index contributed by atoms with van der Waals surface area (Å²) in [6, 6.07) is 8.37. The molecule has 1 aromatic heterocycles. The SMILES string of the molecule is CC.Cn1c(N2CCCCCC2)nc2ccccc21. The number of aromatic nitrogens is 2. The number of hydrogen-bond donors (Lipinski definition) is 0. The Balaban J connectivity index is 0.000000637. The van der Waals surface area contributed by atoms with E-state index >= 15 is 0 Å². The van der Waals surface area contributed by atoms with Gasteiger partial charge in [0.25, 0.3) is 0 Å². The summed E-state index contributed by atoms with van der Waals surface area (Å²) in [5, 5.41) is 0. The molecule has 0 N–H and O–H groups in total. The standard InChI is InChI=1S/C14H19N3.C2H6/c1-16-13-9-5-4-8-12(13)15-14(16)17-10-6-2-3-7-11-17;1-2/h4-5,8-9H,2-3,6-7,10-11H2,1H3;1-2H3. The maximum Gasteiger partial charge on any atom is 0.206 e. The third-order valence-corrected chi connectivity index (χ3v) is 3.65. The Morgan fingerprint density at radius 2 is 1.58 bits per heavy atom. The third-order valence-electron chi connectivity index (χ3n) is 3.65. The van der Waals surface area contributed by atoms with Gasteiger partial charge in [-0.25, -0.2) is 4.98 Å². The summed E-state index contributed by atoms with van der Waals surface area (Å²) in [7, 11) is 2.12. The van der Waals surface area contributed by atoms with Crippen LogP contribution in [-0.4, -0.2) is 22.6 Å². The topological polar surface area (TPSA) is 21.1 Å². The van der Waals surface area contributed by atoms with E-state index in [-0.39, 0.29) is 0 Å². The van der Waals surface area contributed by atoms with E-state index in [1.54, 1.807) is 0 Å². The molecule has 3 nitrogen and oxygen atoms in total. The van der Waals surface area contributed by atoms with Gasteiger partial charge in [0.1, 0.15) is 0 Å². The van der Waals surface area contributed by atoms with Gasteiger partial charge >= 0.3 is 0 Å². The number of benzene rings is 1. The molecule has 1 aliphatic rings. The van der Waals surface area contributed by atoms with Crippen molar-refractivity contribution >= 4 is 17.0 Å². The maximum absolute atomic E-state index is 4.77. The lowest BCUT2D eigenvalue weighted by Gasteiger charge is -2.21. The number of nitrogens with zero attached hydrogens (tertiary/aromatic N) is 3. The van der Waals surface area contributed by atoms with Crippen molar-refractivity contribution in [1.29, 1.82) is 0 Å². The highest BCUT2D eigenvalue weighted by Gasteiger charge is 2.15. The van der Waals surface area contributed by atoms with Gasteiger partial charge in [-0.1, -0.05) is 38.8 Å². The molecule has 104 valence electrons. The van der Waals surface area contributed by atoms with Crippen LogP contribution in [-0.2, 0) is 7.05 Å². The number of rotatable bonds is 1. The van der Waals surface area contributed by atoms with Gasteiger partial charge in [-0.3, -0.25) is 0 Å². The molecule has 0 bridgehead atoms. The quantitative estimate of drug-likeness (QED) is 0.772. The summed E-state index contributed by atoms with van der Waals surface area (Å²) in [4.78, 5) is 7.20. The zero-order chi connectivity index (χ0) is 13.7. The lowest BCUT2D eigenvalue weighted by Crippen LogP contribution is -2.26. The fourth-order valence-electron chi connectivity index (χ4n) is 2.69. The molecule has 0 unspecified atom stereocenters. The molecule has 2 aromatic rings. The zero-order valence-electron chi connectivity index (χ0n) is 12.4. The molecular formula is C16H25N3. The second-order valence-electron chi connectivity index (χ2n) is 4.86. The van der Waals surface area contributed by atoms with Crippen LogP contribution in [0.4, 0.5) is 5.95 Å². The molecule has 0 saturated carbocycles. The fraction of sp³-hybridized carbons (Fsp3) is 0.562. The second-order valence-corrected chi connectivity index (χ2v) is 4.86. The van der Waals surface area contributed by atoms with Gasteiger partial charge in [-0.2, -0.15) is 0 Å². The molecule has 3 rings (SSSR count). The van der Waals surface area contributed by atoms with Crippen LogP contribution in [0.25, 0.3) is 11.0 Å². The van der Waals surface area contributed by atoms with Crippen molar-refractivity contribution in [3.8, 4) is 0 Å². The van der Waals surface area contributed by atoms with Gasteiger partial charge in [0.05, 0.1) is 11.0 Å². The lowest BCUT2D eigenvalue weighted by molar-refractivity contribution is 0.726. The van der Waals surface area contributed by atoms with E-state index in [4.69, 9.17) is 4.98 Å². The highest BCUT2D eigenvalue weighted by Crippen LogP contribution is 2.23. The number of hydrogen-bond acceptors (Lipinski definition) is 2. The van der Waals surface area contributed by atoms with Crippen LogP contribution in [0.1, 0.15) is 39.5 Å². The molecule has 19 heavy (non-hydrogen) atoms. The van der Waals surface area contributed by atoms with Crippen LogP contribution in [0.2, 0.25) is 0 Å². The predicted octanol–water partition coefficient (Wildman–Crippen LogP) is 3.98. The molecule has 1 aromatic carbocycles. The van der Waals surface area contributed by atoms with Gasteiger partial charge in [0.2, 0.25) is 5.95 Å². The number of aryl methyl sites for hydroxylation is 1. The Bertz CT molecular complexity index is 508.